The van der Waals surface area contributed by atoms with Crippen molar-refractivity contribution in [2.45, 2.75) is 245 Å². The predicted molar refractivity (Wildman–Crippen MR) is 279 cm³/mol. The summed E-state index contributed by atoms with van der Waals surface area (Å²) in [5.41, 5.74) is 0. The molecule has 0 amide bonds. The summed E-state index contributed by atoms with van der Waals surface area (Å²) in [6, 6.07) is 0. The third kappa shape index (κ3) is 51.2. The molecule has 6 nitrogen and oxygen atoms in total. The summed E-state index contributed by atoms with van der Waals surface area (Å²) < 4.78 is 16.8. The van der Waals surface area contributed by atoms with Crippen LogP contribution in [0.5, 0.6) is 0 Å². The van der Waals surface area contributed by atoms with Gasteiger partial charge in [-0.2, -0.15) is 0 Å². The smallest absolute Gasteiger partial charge is 0.306 e. The molecule has 0 saturated carbocycles. The molecule has 0 bridgehead atoms. The average Bonchev–Trinajstić information content (AvgIpc) is 3.30. The lowest BCUT2D eigenvalue weighted by molar-refractivity contribution is -0.167. The Morgan fingerprint density at radius 1 is 0.338 bits per heavy atom. The normalized spacial score (nSPS) is 12.8. The maximum atomic E-state index is 12.8. The summed E-state index contributed by atoms with van der Waals surface area (Å²) in [7, 11) is 0. The molecule has 0 aliphatic heterocycles. The fraction of sp³-hybridized carbons (Fsp3) is 0.678. The molecule has 0 fully saturated rings. The molecule has 0 radical (unpaired) electrons. The monoisotopic (exact) mass is 903 g/mol. The summed E-state index contributed by atoms with van der Waals surface area (Å²) in [5, 5.41) is 0. The minimum atomic E-state index is -0.797. The van der Waals surface area contributed by atoms with E-state index in [2.05, 4.69) is 118 Å². The maximum Gasteiger partial charge on any atom is 0.306 e. The molecule has 370 valence electrons. The number of carbonyl (C=O) groups excluding carboxylic acids is 3. The number of carbonyl (C=O) groups is 3. The number of ether oxygens (including phenoxy) is 3. The van der Waals surface area contributed by atoms with Crippen LogP contribution in [-0.4, -0.2) is 37.2 Å². The third-order valence-corrected chi connectivity index (χ3v) is 11.1. The fourth-order valence-electron chi connectivity index (χ4n) is 7.17. The maximum absolute atomic E-state index is 12.8. The van der Waals surface area contributed by atoms with Gasteiger partial charge in [-0.05, 0) is 83.5 Å². The second kappa shape index (κ2) is 52.9. The molecule has 0 aromatic heterocycles. The molecular formula is C59H98O6. The van der Waals surface area contributed by atoms with Gasteiger partial charge in [-0.15, -0.1) is 0 Å². The van der Waals surface area contributed by atoms with Gasteiger partial charge < -0.3 is 14.2 Å². The molecule has 0 N–H and O–H groups in total. The Balaban J connectivity index is 4.46. The highest BCUT2D eigenvalue weighted by atomic mass is 16.6. The zero-order valence-corrected chi connectivity index (χ0v) is 42.2. The van der Waals surface area contributed by atoms with E-state index in [1.165, 1.54) is 83.5 Å². The molecule has 0 aliphatic carbocycles. The second-order valence-corrected chi connectivity index (χ2v) is 17.4. The number of allylic oxidation sites excluding steroid dienone is 16. The lowest BCUT2D eigenvalue weighted by atomic mass is 10.0. The molecule has 0 aliphatic rings. The Kier molecular flexibility index (Phi) is 50.0. The van der Waals surface area contributed by atoms with Gasteiger partial charge in [0.05, 0.1) is 0 Å². The van der Waals surface area contributed by atoms with Crippen LogP contribution in [0.4, 0.5) is 0 Å². The first-order valence-electron chi connectivity index (χ1n) is 26.8. The lowest BCUT2D eigenvalue weighted by Crippen LogP contribution is -2.30. The summed E-state index contributed by atoms with van der Waals surface area (Å²) in [4.78, 5) is 38.0. The number of rotatable bonds is 47. The summed E-state index contributed by atoms with van der Waals surface area (Å²) in [6.07, 6.45) is 69.6. The average molecular weight is 903 g/mol. The number of esters is 3. The summed E-state index contributed by atoms with van der Waals surface area (Å²) in [6.45, 7) is 6.36. The van der Waals surface area contributed by atoms with Crippen molar-refractivity contribution in [1.82, 2.24) is 0 Å². The standard InChI is InChI=1S/C59H98O6/c1-4-7-10-13-16-19-22-25-27-28-29-30-32-34-37-40-43-46-49-52-58(61)64-55-56(54-63-57(60)51-48-45-42-39-36-33-24-21-18-15-12-9-6-3)65-59(62)53-50-47-44-41-38-35-31-26-23-20-17-14-11-8-5-2/h7-8,10-11,14,16-17,19-20,23,25,27,29-30,34,37,56H,4-6,9,12-13,15,18,21-22,24,26,28,31-33,35-36,38-55H2,1-3H3/b10-7-,11-8-,17-14-,19-16-,23-20-,27-25-,30-29-,37-34-. The first-order chi connectivity index (χ1) is 32.0. The largest absolute Gasteiger partial charge is 0.462 e. The molecular weight excluding hydrogens is 805 g/mol. The summed E-state index contributed by atoms with van der Waals surface area (Å²) >= 11 is 0. The first-order valence-corrected chi connectivity index (χ1v) is 26.8. The Hall–Kier alpha value is -3.67. The third-order valence-electron chi connectivity index (χ3n) is 11.1. The second-order valence-electron chi connectivity index (χ2n) is 17.4. The van der Waals surface area contributed by atoms with Crippen LogP contribution in [0.2, 0.25) is 0 Å². The fourth-order valence-corrected chi connectivity index (χ4v) is 7.17. The van der Waals surface area contributed by atoms with Gasteiger partial charge in [0.1, 0.15) is 13.2 Å². The summed E-state index contributed by atoms with van der Waals surface area (Å²) in [5.74, 6) is -0.938. The van der Waals surface area contributed by atoms with E-state index < -0.39 is 6.10 Å². The molecule has 1 unspecified atom stereocenters. The Bertz CT molecular complexity index is 1310. The Labute approximate surface area is 400 Å². The predicted octanol–water partition coefficient (Wildman–Crippen LogP) is 17.8. The van der Waals surface area contributed by atoms with Crippen molar-refractivity contribution in [3.05, 3.63) is 97.2 Å². The molecule has 0 aromatic carbocycles. The van der Waals surface area contributed by atoms with Crippen LogP contribution >= 0.6 is 0 Å². The van der Waals surface area contributed by atoms with Gasteiger partial charge in [0, 0.05) is 19.3 Å². The van der Waals surface area contributed by atoms with Crippen molar-refractivity contribution < 1.29 is 28.6 Å². The number of unbranched alkanes of at least 4 members (excludes halogenated alkanes) is 22. The SMILES string of the molecule is CC\C=C/C=C\C=C/CCCCCCCCCC(=O)OC(COC(=O)CCCCC/C=C\C/C=C\C/C=C\C/C=C\C/C=C\CC)COC(=O)CCCCCCCCCCCCCCC. The van der Waals surface area contributed by atoms with E-state index >= 15 is 0 Å². The minimum Gasteiger partial charge on any atom is -0.462 e. The zero-order valence-electron chi connectivity index (χ0n) is 42.2. The van der Waals surface area contributed by atoms with Crippen molar-refractivity contribution in [3.8, 4) is 0 Å². The highest BCUT2D eigenvalue weighted by Gasteiger charge is 2.19. The van der Waals surface area contributed by atoms with Crippen LogP contribution in [0, 0.1) is 0 Å². The highest BCUT2D eigenvalue weighted by Crippen LogP contribution is 2.15. The zero-order chi connectivity index (χ0) is 47.2. The van der Waals surface area contributed by atoms with Crippen molar-refractivity contribution in [1.29, 1.82) is 0 Å². The van der Waals surface area contributed by atoms with Crippen molar-refractivity contribution in [3.63, 3.8) is 0 Å². The van der Waals surface area contributed by atoms with E-state index in [9.17, 15) is 14.4 Å². The quantitative estimate of drug-likeness (QED) is 0.0199. The van der Waals surface area contributed by atoms with Crippen molar-refractivity contribution in [2.75, 3.05) is 13.2 Å². The minimum absolute atomic E-state index is 0.0923. The van der Waals surface area contributed by atoms with Gasteiger partial charge in [0.25, 0.3) is 0 Å². The van der Waals surface area contributed by atoms with Gasteiger partial charge in [-0.1, -0.05) is 234 Å². The Morgan fingerprint density at radius 2 is 0.677 bits per heavy atom. The van der Waals surface area contributed by atoms with Crippen LogP contribution in [-0.2, 0) is 28.6 Å². The first kappa shape index (κ1) is 61.3. The van der Waals surface area contributed by atoms with Crippen LogP contribution in [0.25, 0.3) is 0 Å². The molecule has 0 spiro atoms. The number of hydrogen-bond acceptors (Lipinski definition) is 6. The molecule has 0 rings (SSSR count). The van der Waals surface area contributed by atoms with Gasteiger partial charge in [0.2, 0.25) is 0 Å². The Morgan fingerprint density at radius 3 is 1.12 bits per heavy atom. The van der Waals surface area contributed by atoms with Gasteiger partial charge in [0.15, 0.2) is 6.10 Å². The van der Waals surface area contributed by atoms with Gasteiger partial charge >= 0.3 is 17.9 Å². The van der Waals surface area contributed by atoms with Gasteiger partial charge in [-0.25, -0.2) is 0 Å². The van der Waals surface area contributed by atoms with E-state index in [4.69, 9.17) is 14.2 Å². The lowest BCUT2D eigenvalue weighted by Gasteiger charge is -2.18. The van der Waals surface area contributed by atoms with E-state index in [1.807, 2.05) is 0 Å². The van der Waals surface area contributed by atoms with E-state index in [0.717, 1.165) is 116 Å². The molecule has 1 atom stereocenters. The van der Waals surface area contributed by atoms with Gasteiger partial charge in [-0.3, -0.25) is 14.4 Å². The molecule has 0 saturated heterocycles. The van der Waals surface area contributed by atoms with Crippen molar-refractivity contribution >= 4 is 17.9 Å². The van der Waals surface area contributed by atoms with Crippen LogP contribution in [0.1, 0.15) is 239 Å². The topological polar surface area (TPSA) is 78.9 Å². The number of hydrogen-bond donors (Lipinski definition) is 0. The van der Waals surface area contributed by atoms with Crippen LogP contribution < -0.4 is 0 Å². The van der Waals surface area contributed by atoms with Crippen LogP contribution in [0.3, 0.4) is 0 Å². The van der Waals surface area contributed by atoms with Crippen molar-refractivity contribution in [2.24, 2.45) is 0 Å². The molecule has 65 heavy (non-hydrogen) atoms. The van der Waals surface area contributed by atoms with Crippen LogP contribution in [0.15, 0.2) is 97.2 Å². The highest BCUT2D eigenvalue weighted by molar-refractivity contribution is 5.71. The van der Waals surface area contributed by atoms with E-state index in [0.29, 0.717) is 19.3 Å². The molecule has 0 aromatic rings. The molecule has 6 heteroatoms. The van der Waals surface area contributed by atoms with E-state index in [1.54, 1.807) is 0 Å². The molecule has 0 heterocycles. The van der Waals surface area contributed by atoms with E-state index in [-0.39, 0.29) is 31.1 Å².